The first-order valence-corrected chi connectivity index (χ1v) is 14.0. The quantitative estimate of drug-likeness (QED) is 0.329. The normalized spacial score (nSPS) is 15.0. The number of pyridine rings is 2. The van der Waals surface area contributed by atoms with Crippen LogP contribution in [-0.4, -0.2) is 45.5 Å². The van der Waals surface area contributed by atoms with Gasteiger partial charge in [0.05, 0.1) is 36.0 Å². The van der Waals surface area contributed by atoms with Gasteiger partial charge in [-0.05, 0) is 76.9 Å². The van der Waals surface area contributed by atoms with E-state index in [1.54, 1.807) is 19.2 Å². The van der Waals surface area contributed by atoms with Crippen LogP contribution >= 0.6 is 0 Å². The third kappa shape index (κ3) is 5.74. The van der Waals surface area contributed by atoms with E-state index >= 15 is 0 Å². The van der Waals surface area contributed by atoms with E-state index in [2.05, 4.69) is 43.8 Å². The van der Waals surface area contributed by atoms with E-state index < -0.39 is 0 Å². The third-order valence-electron chi connectivity index (χ3n) is 8.32. The summed E-state index contributed by atoms with van der Waals surface area (Å²) in [6.45, 7) is 8.83. The maximum Gasteiger partial charge on any atom is 0.256 e. The Morgan fingerprint density at radius 3 is 2.66 bits per heavy atom. The molecule has 1 saturated heterocycles. The van der Waals surface area contributed by atoms with Gasteiger partial charge in [0.1, 0.15) is 11.8 Å². The highest BCUT2D eigenvalue weighted by Gasteiger charge is 2.29. The third-order valence-corrected chi connectivity index (χ3v) is 8.32. The van der Waals surface area contributed by atoms with Crippen LogP contribution in [0, 0.1) is 31.1 Å². The first-order chi connectivity index (χ1) is 19.8. The Hall–Kier alpha value is -4.42. The minimum atomic E-state index is -0.267. The second kappa shape index (κ2) is 12.0. The fraction of sp³-hybridized carbons (Fsp3) is 0.375. The van der Waals surface area contributed by atoms with Gasteiger partial charge in [-0.25, -0.2) is 0 Å². The molecule has 2 N–H and O–H groups in total. The number of hydrogen-bond donors (Lipinski definition) is 2. The van der Waals surface area contributed by atoms with Gasteiger partial charge in [-0.3, -0.25) is 19.5 Å². The summed E-state index contributed by atoms with van der Waals surface area (Å²) >= 11 is 0. The minimum Gasteiger partial charge on any atom is -0.496 e. The molecule has 0 unspecified atom stereocenters. The topological polar surface area (TPSA) is 116 Å². The number of para-hydroxylation sites is 1. The molecule has 212 valence electrons. The Morgan fingerprint density at radius 1 is 1.22 bits per heavy atom. The number of rotatable bonds is 8. The number of fused-ring (bicyclic) bond motifs is 1. The van der Waals surface area contributed by atoms with E-state index in [0.29, 0.717) is 34.1 Å². The van der Waals surface area contributed by atoms with Gasteiger partial charge in [-0.2, -0.15) is 5.26 Å². The Balaban J connectivity index is 1.32. The molecule has 4 aromatic rings. The number of carbonyl (C=O) groups excluding carboxylic acids is 1. The molecule has 0 spiro atoms. The summed E-state index contributed by atoms with van der Waals surface area (Å²) in [5, 5.41) is 12.9. The monoisotopic (exact) mass is 552 g/mol. The van der Waals surface area contributed by atoms with Crippen molar-refractivity contribution in [1.29, 1.82) is 5.26 Å². The smallest absolute Gasteiger partial charge is 0.256 e. The Kier molecular flexibility index (Phi) is 8.22. The molecule has 1 atom stereocenters. The van der Waals surface area contributed by atoms with Crippen LogP contribution in [0.15, 0.2) is 53.5 Å². The summed E-state index contributed by atoms with van der Waals surface area (Å²) in [6, 6.07) is 15.9. The molecule has 1 aliphatic heterocycles. The summed E-state index contributed by atoms with van der Waals surface area (Å²) in [4.78, 5) is 35.8. The van der Waals surface area contributed by atoms with Crippen LogP contribution in [0.25, 0.3) is 10.9 Å². The maximum atomic E-state index is 13.6. The summed E-state index contributed by atoms with van der Waals surface area (Å²) in [7, 11) is 1.52. The van der Waals surface area contributed by atoms with Crippen molar-refractivity contribution in [3.05, 3.63) is 92.8 Å². The number of H-pyrrole nitrogens is 1. The molecule has 4 heterocycles. The first-order valence-electron chi connectivity index (χ1n) is 14.0. The number of ether oxygens (including phenoxy) is 1. The van der Waals surface area contributed by atoms with Crippen molar-refractivity contribution in [3.63, 3.8) is 0 Å². The van der Waals surface area contributed by atoms with Crippen LogP contribution in [0.1, 0.15) is 64.4 Å². The number of aromatic amines is 1. The molecular formula is C32H36N6O3. The highest BCUT2D eigenvalue weighted by molar-refractivity contribution is 6.08. The van der Waals surface area contributed by atoms with Gasteiger partial charge in [0.15, 0.2) is 0 Å². The van der Waals surface area contributed by atoms with E-state index in [4.69, 9.17) is 10.00 Å². The van der Waals surface area contributed by atoms with Crippen LogP contribution in [-0.2, 0) is 13.1 Å². The largest absolute Gasteiger partial charge is 0.496 e. The molecule has 1 aliphatic rings. The maximum absolute atomic E-state index is 13.6. The zero-order chi connectivity index (χ0) is 29.1. The number of nitrogens with zero attached hydrogens (tertiary/aromatic N) is 4. The molecule has 1 fully saturated rings. The number of aromatic nitrogens is 3. The van der Waals surface area contributed by atoms with Gasteiger partial charge in [0.25, 0.3) is 11.5 Å². The van der Waals surface area contributed by atoms with Crippen LogP contribution in [0.3, 0.4) is 0 Å². The molecule has 0 radical (unpaired) electrons. The van der Waals surface area contributed by atoms with E-state index in [-0.39, 0.29) is 24.1 Å². The lowest BCUT2D eigenvalue weighted by atomic mass is 9.89. The molecule has 0 aliphatic carbocycles. The Labute approximate surface area is 239 Å². The summed E-state index contributed by atoms with van der Waals surface area (Å²) in [5.41, 5.74) is 4.98. The summed E-state index contributed by atoms with van der Waals surface area (Å²) in [5.74, 6) is 0.706. The molecular weight excluding hydrogens is 516 g/mol. The highest BCUT2D eigenvalue weighted by atomic mass is 16.5. The summed E-state index contributed by atoms with van der Waals surface area (Å²) < 4.78 is 7.71. The number of carbonyl (C=O) groups is 1. The standard InChI is InChI=1S/C32H36N6O3/c1-20-15-29(41-4)27(31(39)36-20)18-35-32(40)30-22(3)38(28-8-6-5-7-26(28)30)21(2)24-11-13-37(14-12-24)19-25-10-9-23(16-33)17-34-25/h5-10,15,17,21,24H,11-14,18-19H2,1-4H3,(H,35,40)(H,36,39)/t21-/m1/s1. The highest BCUT2D eigenvalue weighted by Crippen LogP contribution is 2.36. The number of piperidine rings is 1. The summed E-state index contributed by atoms with van der Waals surface area (Å²) in [6.07, 6.45) is 3.72. The molecule has 0 bridgehead atoms. The zero-order valence-electron chi connectivity index (χ0n) is 24.0. The molecule has 1 amide bonds. The number of benzene rings is 1. The molecule has 41 heavy (non-hydrogen) atoms. The van der Waals surface area contributed by atoms with Crippen molar-refractivity contribution in [1.82, 2.24) is 24.8 Å². The predicted molar refractivity (Wildman–Crippen MR) is 158 cm³/mol. The fourth-order valence-corrected chi connectivity index (χ4v) is 6.11. The van der Waals surface area contributed by atoms with Gasteiger partial charge in [0, 0.05) is 41.1 Å². The molecule has 1 aromatic carbocycles. The SMILES string of the molecule is COc1cc(C)[nH]c(=O)c1CNC(=O)c1c(C)n([C@H](C)C2CCN(Cc3ccc(C#N)cn3)CC2)c2ccccc12. The average Bonchev–Trinajstić information content (AvgIpc) is 3.28. The average molecular weight is 553 g/mol. The van der Waals surface area contributed by atoms with Crippen LogP contribution in [0.2, 0.25) is 0 Å². The molecule has 9 heteroatoms. The molecule has 5 rings (SSSR count). The van der Waals surface area contributed by atoms with Gasteiger partial charge in [-0.1, -0.05) is 18.2 Å². The molecule has 0 saturated carbocycles. The van der Waals surface area contributed by atoms with E-state index in [9.17, 15) is 9.59 Å². The number of aryl methyl sites for hydroxylation is 1. The van der Waals surface area contributed by atoms with Gasteiger partial charge < -0.3 is 19.6 Å². The van der Waals surface area contributed by atoms with Crippen molar-refractivity contribution in [2.45, 2.75) is 52.7 Å². The number of nitrogens with one attached hydrogen (secondary N) is 2. The lowest BCUT2D eigenvalue weighted by molar-refractivity contribution is 0.0951. The fourth-order valence-electron chi connectivity index (χ4n) is 6.11. The molecule has 3 aromatic heterocycles. The lowest BCUT2D eigenvalue weighted by Gasteiger charge is -2.36. The van der Waals surface area contributed by atoms with Crippen molar-refractivity contribution in [3.8, 4) is 11.8 Å². The van der Waals surface area contributed by atoms with E-state index in [0.717, 1.165) is 54.8 Å². The minimum absolute atomic E-state index is 0.0681. The van der Waals surface area contributed by atoms with Crippen molar-refractivity contribution < 1.29 is 9.53 Å². The van der Waals surface area contributed by atoms with Crippen LogP contribution < -0.4 is 15.6 Å². The predicted octanol–water partition coefficient (Wildman–Crippen LogP) is 4.62. The Bertz CT molecular complexity index is 1660. The number of nitriles is 1. The number of hydrogen-bond acceptors (Lipinski definition) is 6. The first kappa shape index (κ1) is 28.1. The number of amides is 1. The van der Waals surface area contributed by atoms with Crippen molar-refractivity contribution >= 4 is 16.8 Å². The van der Waals surface area contributed by atoms with E-state index in [1.165, 1.54) is 7.11 Å². The second-order valence-corrected chi connectivity index (χ2v) is 10.9. The van der Waals surface area contributed by atoms with Crippen LogP contribution in [0.5, 0.6) is 5.75 Å². The van der Waals surface area contributed by atoms with Gasteiger partial charge in [-0.15, -0.1) is 0 Å². The van der Waals surface area contributed by atoms with E-state index in [1.807, 2.05) is 37.3 Å². The Morgan fingerprint density at radius 2 is 1.98 bits per heavy atom. The van der Waals surface area contributed by atoms with Crippen molar-refractivity contribution in [2.75, 3.05) is 20.2 Å². The molecule has 9 nitrogen and oxygen atoms in total. The second-order valence-electron chi connectivity index (χ2n) is 10.9. The number of likely N-dealkylation sites (tertiary alicyclic amines) is 1. The number of methoxy groups -OCH3 is 1. The van der Waals surface area contributed by atoms with Gasteiger partial charge in [0.2, 0.25) is 0 Å². The van der Waals surface area contributed by atoms with Crippen molar-refractivity contribution in [2.24, 2.45) is 5.92 Å². The van der Waals surface area contributed by atoms with Gasteiger partial charge >= 0.3 is 0 Å². The zero-order valence-corrected chi connectivity index (χ0v) is 24.0. The lowest BCUT2D eigenvalue weighted by Crippen LogP contribution is -2.36. The van der Waals surface area contributed by atoms with Crippen LogP contribution in [0.4, 0.5) is 0 Å².